The van der Waals surface area contributed by atoms with Gasteiger partial charge >= 0.3 is 0 Å². The number of fused-ring (bicyclic) bond motifs is 1. The van der Waals surface area contributed by atoms with Crippen LogP contribution in [0.1, 0.15) is 30.1 Å². The first kappa shape index (κ1) is 17.0. The second kappa shape index (κ2) is 7.73. The summed E-state index contributed by atoms with van der Waals surface area (Å²) in [6.07, 6.45) is 0.375. The molecule has 23 heavy (non-hydrogen) atoms. The molecule has 124 valence electrons. The fourth-order valence-electron chi connectivity index (χ4n) is 2.43. The van der Waals surface area contributed by atoms with Crippen LogP contribution in [0.25, 0.3) is 0 Å². The van der Waals surface area contributed by atoms with Crippen molar-refractivity contribution in [3.8, 4) is 0 Å². The Hall–Kier alpha value is -2.41. The van der Waals surface area contributed by atoms with Crippen LogP contribution < -0.4 is 16.0 Å². The molecule has 0 aliphatic carbocycles. The summed E-state index contributed by atoms with van der Waals surface area (Å²) in [5.74, 6) is -0.823. The van der Waals surface area contributed by atoms with Gasteiger partial charge in [-0.2, -0.15) is 0 Å². The lowest BCUT2D eigenvalue weighted by Crippen LogP contribution is -2.42. The normalized spacial score (nSPS) is 18.3. The number of hydrogen-bond donors (Lipinski definition) is 3. The summed E-state index contributed by atoms with van der Waals surface area (Å²) in [6, 6.07) is 5.96. The SMILES string of the molecule is COC[C@@H](C)NC(=O)CC[C@@H]1NC(=O)c2ccccc2NC1=O. The number of nitrogens with one attached hydrogen (secondary N) is 3. The third-order valence-electron chi connectivity index (χ3n) is 3.54. The number of methoxy groups -OCH3 is 1. The lowest BCUT2D eigenvalue weighted by atomic mass is 10.1. The predicted molar refractivity (Wildman–Crippen MR) is 85.0 cm³/mol. The van der Waals surface area contributed by atoms with Gasteiger partial charge in [0, 0.05) is 19.6 Å². The maximum atomic E-state index is 12.2. The summed E-state index contributed by atoms with van der Waals surface area (Å²) in [5, 5.41) is 8.15. The van der Waals surface area contributed by atoms with Gasteiger partial charge in [-0.05, 0) is 25.5 Å². The maximum Gasteiger partial charge on any atom is 0.254 e. The molecule has 2 atom stereocenters. The molecule has 3 N–H and O–H groups in total. The van der Waals surface area contributed by atoms with Crippen molar-refractivity contribution >= 4 is 23.4 Å². The van der Waals surface area contributed by atoms with E-state index in [1.807, 2.05) is 6.92 Å². The minimum atomic E-state index is -0.738. The number of benzene rings is 1. The van der Waals surface area contributed by atoms with Crippen molar-refractivity contribution in [1.82, 2.24) is 10.6 Å². The molecular weight excluding hydrogens is 298 g/mol. The quantitative estimate of drug-likeness (QED) is 0.718. The zero-order valence-corrected chi connectivity index (χ0v) is 13.2. The van der Waals surface area contributed by atoms with Crippen LogP contribution in [-0.4, -0.2) is 43.5 Å². The zero-order chi connectivity index (χ0) is 16.8. The Kier molecular flexibility index (Phi) is 5.70. The van der Waals surface area contributed by atoms with Crippen molar-refractivity contribution in [3.63, 3.8) is 0 Å². The molecule has 0 bridgehead atoms. The van der Waals surface area contributed by atoms with Crippen LogP contribution in [0.3, 0.4) is 0 Å². The van der Waals surface area contributed by atoms with Gasteiger partial charge in [0.05, 0.1) is 17.9 Å². The molecule has 1 aromatic rings. The molecule has 7 heteroatoms. The zero-order valence-electron chi connectivity index (χ0n) is 13.2. The number of carbonyl (C=O) groups is 3. The van der Waals surface area contributed by atoms with Crippen LogP contribution in [0.2, 0.25) is 0 Å². The molecule has 0 radical (unpaired) electrons. The van der Waals surface area contributed by atoms with E-state index in [1.165, 1.54) is 0 Å². The van der Waals surface area contributed by atoms with E-state index in [4.69, 9.17) is 4.74 Å². The van der Waals surface area contributed by atoms with Crippen molar-refractivity contribution in [2.24, 2.45) is 0 Å². The summed E-state index contributed by atoms with van der Waals surface area (Å²) >= 11 is 0. The topological polar surface area (TPSA) is 96.5 Å². The average molecular weight is 319 g/mol. The fourth-order valence-corrected chi connectivity index (χ4v) is 2.43. The van der Waals surface area contributed by atoms with Crippen molar-refractivity contribution in [1.29, 1.82) is 0 Å². The van der Waals surface area contributed by atoms with Crippen molar-refractivity contribution in [2.45, 2.75) is 31.8 Å². The Morgan fingerprint density at radius 1 is 1.35 bits per heavy atom. The molecule has 0 aromatic heterocycles. The highest BCUT2D eigenvalue weighted by atomic mass is 16.5. The van der Waals surface area contributed by atoms with E-state index in [2.05, 4.69) is 16.0 Å². The Morgan fingerprint density at radius 2 is 2.09 bits per heavy atom. The Morgan fingerprint density at radius 3 is 2.83 bits per heavy atom. The third kappa shape index (κ3) is 4.53. The van der Waals surface area contributed by atoms with Crippen LogP contribution in [0.5, 0.6) is 0 Å². The monoisotopic (exact) mass is 319 g/mol. The van der Waals surface area contributed by atoms with Gasteiger partial charge in [0.25, 0.3) is 5.91 Å². The third-order valence-corrected chi connectivity index (χ3v) is 3.54. The predicted octanol–water partition coefficient (Wildman–Crippen LogP) is 0.668. The first-order chi connectivity index (χ1) is 11.0. The molecule has 1 aromatic carbocycles. The molecule has 1 aliphatic rings. The van der Waals surface area contributed by atoms with E-state index in [-0.39, 0.29) is 36.6 Å². The van der Waals surface area contributed by atoms with Crippen LogP contribution in [0, 0.1) is 0 Å². The molecular formula is C16H21N3O4. The summed E-state index contributed by atoms with van der Waals surface area (Å²) in [6.45, 7) is 2.25. The molecule has 7 nitrogen and oxygen atoms in total. The number of para-hydroxylation sites is 1. The smallest absolute Gasteiger partial charge is 0.254 e. The van der Waals surface area contributed by atoms with Gasteiger partial charge in [0.2, 0.25) is 11.8 Å². The second-order valence-electron chi connectivity index (χ2n) is 5.52. The van der Waals surface area contributed by atoms with E-state index in [1.54, 1.807) is 31.4 Å². The van der Waals surface area contributed by atoms with Gasteiger partial charge in [0.15, 0.2) is 0 Å². The maximum absolute atomic E-state index is 12.2. The van der Waals surface area contributed by atoms with Gasteiger partial charge in [-0.1, -0.05) is 12.1 Å². The number of anilines is 1. The highest BCUT2D eigenvalue weighted by Crippen LogP contribution is 2.19. The standard InChI is InChI=1S/C16H21N3O4/c1-10(9-23-2)17-14(20)8-7-13-16(22)18-12-6-4-3-5-11(12)15(21)19-13/h3-6,10,13H,7-9H2,1-2H3,(H,17,20)(H,18,22)(H,19,21)/t10-,13+/m1/s1. The van der Waals surface area contributed by atoms with Crippen LogP contribution in [0.4, 0.5) is 5.69 Å². The first-order valence-electron chi connectivity index (χ1n) is 7.50. The van der Waals surface area contributed by atoms with Gasteiger partial charge in [-0.15, -0.1) is 0 Å². The highest BCUT2D eigenvalue weighted by molar-refractivity contribution is 6.09. The number of carbonyl (C=O) groups excluding carboxylic acids is 3. The molecule has 0 saturated carbocycles. The summed E-state index contributed by atoms with van der Waals surface area (Å²) < 4.78 is 4.95. The minimum Gasteiger partial charge on any atom is -0.383 e. The molecule has 0 unspecified atom stereocenters. The number of hydrogen-bond acceptors (Lipinski definition) is 4. The number of amides is 3. The summed E-state index contributed by atoms with van der Waals surface area (Å²) in [5.41, 5.74) is 0.900. The van der Waals surface area contributed by atoms with E-state index in [0.717, 1.165) is 0 Å². The molecule has 0 fully saturated rings. The Labute approximate surface area is 134 Å². The molecule has 0 saturated heterocycles. The van der Waals surface area contributed by atoms with Gasteiger partial charge in [-0.25, -0.2) is 0 Å². The van der Waals surface area contributed by atoms with Crippen LogP contribution in [0.15, 0.2) is 24.3 Å². The number of rotatable bonds is 6. The Balaban J connectivity index is 1.93. The molecule has 0 spiro atoms. The van der Waals surface area contributed by atoms with E-state index in [0.29, 0.717) is 17.9 Å². The van der Waals surface area contributed by atoms with E-state index >= 15 is 0 Å². The second-order valence-corrected chi connectivity index (χ2v) is 5.52. The lowest BCUT2D eigenvalue weighted by molar-refractivity contribution is -0.122. The number of ether oxygens (including phenoxy) is 1. The van der Waals surface area contributed by atoms with Crippen molar-refractivity contribution in [2.75, 3.05) is 19.0 Å². The van der Waals surface area contributed by atoms with Crippen molar-refractivity contribution < 1.29 is 19.1 Å². The van der Waals surface area contributed by atoms with Crippen LogP contribution in [-0.2, 0) is 14.3 Å². The summed E-state index contributed by atoms with van der Waals surface area (Å²) in [7, 11) is 1.56. The summed E-state index contributed by atoms with van der Waals surface area (Å²) in [4.78, 5) is 36.2. The van der Waals surface area contributed by atoms with Gasteiger partial charge in [0.1, 0.15) is 6.04 Å². The van der Waals surface area contributed by atoms with Crippen molar-refractivity contribution in [3.05, 3.63) is 29.8 Å². The van der Waals surface area contributed by atoms with Gasteiger partial charge in [-0.3, -0.25) is 14.4 Å². The minimum absolute atomic E-state index is 0.102. The van der Waals surface area contributed by atoms with E-state index in [9.17, 15) is 14.4 Å². The van der Waals surface area contributed by atoms with E-state index < -0.39 is 6.04 Å². The van der Waals surface area contributed by atoms with Crippen LogP contribution >= 0.6 is 0 Å². The first-order valence-corrected chi connectivity index (χ1v) is 7.50. The lowest BCUT2D eigenvalue weighted by Gasteiger charge is -2.16. The largest absolute Gasteiger partial charge is 0.383 e. The molecule has 1 heterocycles. The fraction of sp³-hybridized carbons (Fsp3) is 0.438. The molecule has 2 rings (SSSR count). The van der Waals surface area contributed by atoms with Gasteiger partial charge < -0.3 is 20.7 Å². The Bertz CT molecular complexity index is 603. The average Bonchev–Trinajstić information content (AvgIpc) is 2.62. The molecule has 3 amide bonds. The molecule has 1 aliphatic heterocycles. The highest BCUT2D eigenvalue weighted by Gasteiger charge is 2.27.